The van der Waals surface area contributed by atoms with Crippen molar-refractivity contribution in [1.29, 1.82) is 0 Å². The number of anilines is 2. The smallest absolute Gasteiger partial charge is 0.255 e. The summed E-state index contributed by atoms with van der Waals surface area (Å²) in [4.78, 5) is 19.6. The van der Waals surface area contributed by atoms with Crippen molar-refractivity contribution >= 4 is 38.9 Å². The van der Waals surface area contributed by atoms with Crippen molar-refractivity contribution in [3.05, 3.63) is 51.7 Å². The molecule has 1 amide bonds. The van der Waals surface area contributed by atoms with Crippen molar-refractivity contribution in [3.8, 4) is 0 Å². The van der Waals surface area contributed by atoms with Gasteiger partial charge in [-0.2, -0.15) is 0 Å². The Hall–Kier alpha value is -2.12. The van der Waals surface area contributed by atoms with E-state index in [9.17, 15) is 13.2 Å². The second-order valence-electron chi connectivity index (χ2n) is 8.59. The van der Waals surface area contributed by atoms with Crippen LogP contribution in [0.4, 0.5) is 11.5 Å². The average Bonchev–Trinajstić information content (AvgIpc) is 3.33. The van der Waals surface area contributed by atoms with Crippen LogP contribution in [0.5, 0.6) is 0 Å². The maximum absolute atomic E-state index is 13.3. The molecule has 8 heteroatoms. The highest BCUT2D eigenvalue weighted by molar-refractivity contribution is 7.91. The van der Waals surface area contributed by atoms with Crippen LogP contribution in [-0.4, -0.2) is 48.8 Å². The molecule has 3 aliphatic rings. The van der Waals surface area contributed by atoms with Crippen molar-refractivity contribution in [1.82, 2.24) is 9.88 Å². The first kappa shape index (κ1) is 19.8. The number of carbonyl (C=O) groups excluding carboxylic acids is 1. The number of sulfone groups is 1. The number of fused-ring (bicyclic) bond motifs is 5. The number of rotatable bonds is 3. The van der Waals surface area contributed by atoms with Crippen LogP contribution < -0.4 is 5.32 Å². The molecule has 1 saturated carbocycles. The number of halogens is 1. The Kier molecular flexibility index (Phi) is 4.78. The Balaban J connectivity index is 1.49. The number of benzene rings is 1. The Morgan fingerprint density at radius 2 is 1.87 bits per heavy atom. The summed E-state index contributed by atoms with van der Waals surface area (Å²) in [6.07, 6.45) is 4.93. The van der Waals surface area contributed by atoms with Crippen LogP contribution in [-0.2, 0) is 9.84 Å². The summed E-state index contributed by atoms with van der Waals surface area (Å²) < 4.78 is 23.5. The molecular weight excluding hydrogens is 422 g/mol. The van der Waals surface area contributed by atoms with E-state index in [1.54, 1.807) is 11.1 Å². The molecule has 2 aliphatic carbocycles. The quantitative estimate of drug-likeness (QED) is 0.771. The van der Waals surface area contributed by atoms with Crippen LogP contribution in [0.1, 0.15) is 58.1 Å². The van der Waals surface area contributed by atoms with Gasteiger partial charge in [0.25, 0.3) is 5.91 Å². The van der Waals surface area contributed by atoms with Gasteiger partial charge in [-0.25, -0.2) is 13.4 Å². The summed E-state index contributed by atoms with van der Waals surface area (Å²) in [6, 6.07) is 5.85. The Bertz CT molecular complexity index is 1130. The topological polar surface area (TPSA) is 79.4 Å². The van der Waals surface area contributed by atoms with E-state index in [0.717, 1.165) is 47.5 Å². The van der Waals surface area contributed by atoms with E-state index in [-0.39, 0.29) is 30.5 Å². The molecule has 2 atom stereocenters. The minimum absolute atomic E-state index is 0.0359. The standard InChI is InChI=1S/C22H24ClN3O3S/c1-13-2-5-16(11-18(13)23)25-21-20-15-4-3-14(10-15)19(20)17(12-24-21)22(27)26-6-8-30(28,29)9-7-26/h2,5,11-12,14-15H,3-4,6-10H2,1H3,(H,24,25). The number of carbonyl (C=O) groups is 1. The van der Waals surface area contributed by atoms with Gasteiger partial charge in [0.15, 0.2) is 9.84 Å². The second kappa shape index (κ2) is 7.24. The fraction of sp³-hybridized carbons (Fsp3) is 0.455. The van der Waals surface area contributed by atoms with Gasteiger partial charge in [-0.05, 0) is 61.3 Å². The van der Waals surface area contributed by atoms with Crippen LogP contribution in [0.2, 0.25) is 5.02 Å². The summed E-state index contributed by atoms with van der Waals surface area (Å²) in [5, 5.41) is 4.11. The molecule has 2 bridgehead atoms. The Labute approximate surface area is 181 Å². The van der Waals surface area contributed by atoms with Gasteiger partial charge in [-0.15, -0.1) is 0 Å². The molecule has 1 saturated heterocycles. The average molecular weight is 446 g/mol. The van der Waals surface area contributed by atoms with Crippen molar-refractivity contribution in [2.45, 2.75) is 38.0 Å². The molecule has 1 aromatic heterocycles. The van der Waals surface area contributed by atoms with Crippen molar-refractivity contribution in [2.24, 2.45) is 0 Å². The zero-order chi connectivity index (χ0) is 21.0. The lowest BCUT2D eigenvalue weighted by atomic mass is 9.88. The molecule has 1 aliphatic heterocycles. The number of amides is 1. The van der Waals surface area contributed by atoms with Gasteiger partial charge >= 0.3 is 0 Å². The zero-order valence-corrected chi connectivity index (χ0v) is 18.4. The largest absolute Gasteiger partial charge is 0.340 e. The molecule has 0 radical (unpaired) electrons. The van der Waals surface area contributed by atoms with E-state index in [1.807, 2.05) is 25.1 Å². The molecule has 6 nitrogen and oxygen atoms in total. The van der Waals surface area contributed by atoms with Gasteiger partial charge in [-0.1, -0.05) is 17.7 Å². The van der Waals surface area contributed by atoms with Crippen LogP contribution in [0.15, 0.2) is 24.4 Å². The molecule has 1 N–H and O–H groups in total. The normalized spacial score (nSPS) is 24.0. The molecule has 2 fully saturated rings. The number of hydrogen-bond donors (Lipinski definition) is 1. The predicted octanol–water partition coefficient (Wildman–Crippen LogP) is 4.02. The molecule has 5 rings (SSSR count). The van der Waals surface area contributed by atoms with Crippen LogP contribution in [0.25, 0.3) is 0 Å². The van der Waals surface area contributed by atoms with E-state index in [0.29, 0.717) is 22.4 Å². The fourth-order valence-electron chi connectivity index (χ4n) is 5.06. The van der Waals surface area contributed by atoms with Gasteiger partial charge in [-0.3, -0.25) is 4.79 Å². The lowest BCUT2D eigenvalue weighted by molar-refractivity contribution is 0.0768. The van der Waals surface area contributed by atoms with E-state index in [2.05, 4.69) is 10.3 Å². The fourth-order valence-corrected chi connectivity index (χ4v) is 6.44. The monoisotopic (exact) mass is 445 g/mol. The first-order chi connectivity index (χ1) is 14.3. The zero-order valence-electron chi connectivity index (χ0n) is 16.8. The molecule has 30 heavy (non-hydrogen) atoms. The summed E-state index contributed by atoms with van der Waals surface area (Å²) in [6.45, 7) is 2.48. The number of nitrogens with one attached hydrogen (secondary N) is 1. The number of pyridine rings is 1. The van der Waals surface area contributed by atoms with E-state index in [1.165, 1.54) is 0 Å². The van der Waals surface area contributed by atoms with Crippen molar-refractivity contribution in [2.75, 3.05) is 29.9 Å². The highest BCUT2D eigenvalue weighted by Crippen LogP contribution is 2.56. The number of nitrogens with zero attached hydrogens (tertiary/aromatic N) is 2. The van der Waals surface area contributed by atoms with Gasteiger partial charge in [0.2, 0.25) is 0 Å². The molecule has 0 spiro atoms. The van der Waals surface area contributed by atoms with E-state index >= 15 is 0 Å². The van der Waals surface area contributed by atoms with Gasteiger partial charge < -0.3 is 10.2 Å². The number of aromatic nitrogens is 1. The third kappa shape index (κ3) is 3.38. The highest BCUT2D eigenvalue weighted by atomic mass is 35.5. The molecule has 1 aromatic carbocycles. The van der Waals surface area contributed by atoms with E-state index < -0.39 is 9.84 Å². The maximum atomic E-state index is 13.3. The van der Waals surface area contributed by atoms with Crippen LogP contribution in [0, 0.1) is 6.92 Å². The van der Waals surface area contributed by atoms with Crippen LogP contribution >= 0.6 is 11.6 Å². The highest BCUT2D eigenvalue weighted by Gasteiger charge is 2.42. The number of aryl methyl sites for hydroxylation is 1. The lowest BCUT2D eigenvalue weighted by Gasteiger charge is -2.29. The predicted molar refractivity (Wildman–Crippen MR) is 118 cm³/mol. The van der Waals surface area contributed by atoms with Crippen molar-refractivity contribution < 1.29 is 13.2 Å². The minimum atomic E-state index is -3.03. The summed E-state index contributed by atoms with van der Waals surface area (Å²) in [5.41, 5.74) is 4.80. The Morgan fingerprint density at radius 3 is 2.57 bits per heavy atom. The van der Waals surface area contributed by atoms with Gasteiger partial charge in [0.05, 0.1) is 17.1 Å². The maximum Gasteiger partial charge on any atom is 0.255 e. The SMILES string of the molecule is Cc1ccc(Nc2ncc(C(=O)N3CCS(=O)(=O)CC3)c3c2C2CCC3C2)cc1Cl. The molecule has 2 heterocycles. The molecule has 2 unspecified atom stereocenters. The second-order valence-corrected chi connectivity index (χ2v) is 11.3. The lowest BCUT2D eigenvalue weighted by Crippen LogP contribution is -2.44. The van der Waals surface area contributed by atoms with Crippen molar-refractivity contribution in [3.63, 3.8) is 0 Å². The molecule has 2 aromatic rings. The summed E-state index contributed by atoms with van der Waals surface area (Å²) in [5.74, 6) is 1.57. The Morgan fingerprint density at radius 1 is 1.17 bits per heavy atom. The minimum Gasteiger partial charge on any atom is -0.340 e. The van der Waals surface area contributed by atoms with Gasteiger partial charge in [0, 0.05) is 35.6 Å². The number of hydrogen-bond acceptors (Lipinski definition) is 5. The summed E-state index contributed by atoms with van der Waals surface area (Å²) in [7, 11) is -3.03. The van der Waals surface area contributed by atoms with E-state index in [4.69, 9.17) is 11.6 Å². The first-order valence-corrected chi connectivity index (χ1v) is 12.6. The molecule has 158 valence electrons. The van der Waals surface area contributed by atoms with Gasteiger partial charge in [0.1, 0.15) is 5.82 Å². The molecular formula is C22H24ClN3O3S. The first-order valence-electron chi connectivity index (χ1n) is 10.4. The third-order valence-corrected chi connectivity index (χ3v) is 8.72. The van der Waals surface area contributed by atoms with Crippen LogP contribution in [0.3, 0.4) is 0 Å². The third-order valence-electron chi connectivity index (χ3n) is 6.70. The summed E-state index contributed by atoms with van der Waals surface area (Å²) >= 11 is 6.28.